The first kappa shape index (κ1) is 28.6. The molecule has 10 heteroatoms. The van der Waals surface area contributed by atoms with E-state index in [1.54, 1.807) is 12.1 Å². The lowest BCUT2D eigenvalue weighted by atomic mass is 10.1. The maximum atomic E-state index is 12.7. The topological polar surface area (TPSA) is 113 Å². The van der Waals surface area contributed by atoms with Crippen LogP contribution in [0, 0.1) is 0 Å². The van der Waals surface area contributed by atoms with E-state index in [1.165, 1.54) is 28.6 Å². The summed E-state index contributed by atoms with van der Waals surface area (Å²) in [7, 11) is -4.09. The fourth-order valence-corrected chi connectivity index (χ4v) is 6.12. The molecular weight excluding hydrogens is 564 g/mol. The molecule has 1 saturated heterocycles. The van der Waals surface area contributed by atoms with Crippen molar-refractivity contribution in [3.8, 4) is 0 Å². The molecule has 0 saturated carbocycles. The average molecular weight is 597 g/mol. The Bertz CT molecular complexity index is 1950. The first-order valence-corrected chi connectivity index (χ1v) is 15.6. The second kappa shape index (κ2) is 12.0. The molecule has 1 unspecified atom stereocenters. The number of para-hydroxylation sites is 2. The van der Waals surface area contributed by atoms with Gasteiger partial charge in [0.15, 0.2) is 5.84 Å². The molecule has 3 heterocycles. The van der Waals surface area contributed by atoms with Crippen molar-refractivity contribution in [3.05, 3.63) is 108 Å². The summed E-state index contributed by atoms with van der Waals surface area (Å²) in [5.41, 5.74) is 4.35. The third-order valence-electron chi connectivity index (χ3n) is 7.68. The van der Waals surface area contributed by atoms with Crippen LogP contribution in [0.15, 0.2) is 107 Å². The normalized spacial score (nSPS) is 16.4. The summed E-state index contributed by atoms with van der Waals surface area (Å²) in [6.07, 6.45) is 0. The van der Waals surface area contributed by atoms with Gasteiger partial charge in [-0.2, -0.15) is 8.42 Å². The van der Waals surface area contributed by atoms with Gasteiger partial charge in [0.2, 0.25) is 0 Å². The Balaban J connectivity index is 0.000000197. The van der Waals surface area contributed by atoms with E-state index in [1.807, 2.05) is 37.3 Å². The Morgan fingerprint density at radius 3 is 2.47 bits per heavy atom. The lowest BCUT2D eigenvalue weighted by Gasteiger charge is -2.36. The zero-order valence-electron chi connectivity index (χ0n) is 23.7. The van der Waals surface area contributed by atoms with Gasteiger partial charge < -0.3 is 19.5 Å². The van der Waals surface area contributed by atoms with E-state index in [0.29, 0.717) is 19.7 Å². The van der Waals surface area contributed by atoms with Gasteiger partial charge in [-0.1, -0.05) is 66.7 Å². The number of hydrogen-bond acceptors (Lipinski definition) is 7. The quantitative estimate of drug-likeness (QED) is 0.223. The SMILES string of the molecule is CCOC(=O)C1CNCCN1C1=Nc2ccccc2Cn2c1cc1ccccc12.O=S(=O)(O)c1ccc2ccccc2c1. The first-order valence-electron chi connectivity index (χ1n) is 14.2. The summed E-state index contributed by atoms with van der Waals surface area (Å²) in [5, 5.41) is 6.24. The third kappa shape index (κ3) is 5.90. The number of carbonyl (C=O) groups excluding carboxylic acids is 1. The van der Waals surface area contributed by atoms with Crippen molar-refractivity contribution in [2.75, 3.05) is 26.2 Å². The number of esters is 1. The van der Waals surface area contributed by atoms with Crippen LogP contribution in [0.1, 0.15) is 18.2 Å². The molecule has 220 valence electrons. The van der Waals surface area contributed by atoms with Crippen LogP contribution in [-0.2, 0) is 26.2 Å². The predicted octanol–water partition coefficient (Wildman–Crippen LogP) is 5.00. The van der Waals surface area contributed by atoms with Gasteiger partial charge >= 0.3 is 5.97 Å². The minimum absolute atomic E-state index is 0.0730. The monoisotopic (exact) mass is 596 g/mol. The maximum Gasteiger partial charge on any atom is 0.330 e. The van der Waals surface area contributed by atoms with E-state index in [4.69, 9.17) is 14.3 Å². The maximum absolute atomic E-state index is 12.7. The molecule has 43 heavy (non-hydrogen) atoms. The molecule has 0 radical (unpaired) electrons. The molecule has 2 aliphatic rings. The molecule has 1 fully saturated rings. The van der Waals surface area contributed by atoms with Crippen molar-refractivity contribution >= 4 is 49.3 Å². The van der Waals surface area contributed by atoms with Crippen LogP contribution in [0.5, 0.6) is 0 Å². The van der Waals surface area contributed by atoms with Gasteiger partial charge in [0.25, 0.3) is 10.1 Å². The van der Waals surface area contributed by atoms with Crippen molar-refractivity contribution in [2.24, 2.45) is 4.99 Å². The van der Waals surface area contributed by atoms with Crippen molar-refractivity contribution < 1.29 is 22.5 Å². The summed E-state index contributed by atoms with van der Waals surface area (Å²) < 4.78 is 38.2. The Morgan fingerprint density at radius 1 is 0.953 bits per heavy atom. The molecule has 7 rings (SSSR count). The van der Waals surface area contributed by atoms with Gasteiger partial charge in [-0.25, -0.2) is 9.79 Å². The van der Waals surface area contributed by atoms with Crippen LogP contribution in [0.4, 0.5) is 5.69 Å². The number of ether oxygens (including phenoxy) is 1. The fraction of sp³-hybridized carbons (Fsp3) is 0.212. The van der Waals surface area contributed by atoms with E-state index in [9.17, 15) is 13.2 Å². The molecule has 2 aliphatic heterocycles. The Morgan fingerprint density at radius 2 is 1.67 bits per heavy atom. The van der Waals surface area contributed by atoms with Gasteiger partial charge in [-0.15, -0.1) is 0 Å². The van der Waals surface area contributed by atoms with Gasteiger partial charge in [-0.3, -0.25) is 4.55 Å². The number of piperazine rings is 1. The molecule has 1 aromatic heterocycles. The molecule has 0 bridgehead atoms. The lowest BCUT2D eigenvalue weighted by molar-refractivity contribution is -0.148. The molecule has 0 spiro atoms. The summed E-state index contributed by atoms with van der Waals surface area (Å²) in [4.78, 5) is 19.8. The first-order chi connectivity index (χ1) is 20.8. The van der Waals surface area contributed by atoms with Gasteiger partial charge in [0, 0.05) is 30.5 Å². The second-order valence-corrected chi connectivity index (χ2v) is 11.8. The highest BCUT2D eigenvalue weighted by Gasteiger charge is 2.35. The van der Waals surface area contributed by atoms with E-state index >= 15 is 0 Å². The summed E-state index contributed by atoms with van der Waals surface area (Å²) in [6, 6.07) is 30.3. The zero-order chi connectivity index (χ0) is 30.0. The third-order valence-corrected chi connectivity index (χ3v) is 8.53. The molecular formula is C33H32N4O5S. The minimum Gasteiger partial charge on any atom is -0.464 e. The fourth-order valence-electron chi connectivity index (χ4n) is 5.61. The van der Waals surface area contributed by atoms with Crippen LogP contribution in [0.25, 0.3) is 21.7 Å². The molecule has 0 aliphatic carbocycles. The largest absolute Gasteiger partial charge is 0.464 e. The summed E-state index contributed by atoms with van der Waals surface area (Å²) in [5.74, 6) is 0.633. The van der Waals surface area contributed by atoms with Crippen LogP contribution < -0.4 is 5.32 Å². The number of fused-ring (bicyclic) bond motifs is 5. The molecule has 5 aromatic rings. The Hall–Kier alpha value is -4.51. The summed E-state index contributed by atoms with van der Waals surface area (Å²) >= 11 is 0. The van der Waals surface area contributed by atoms with Crippen LogP contribution >= 0.6 is 0 Å². The van der Waals surface area contributed by atoms with E-state index in [-0.39, 0.29) is 16.9 Å². The number of amidine groups is 1. The number of nitrogens with one attached hydrogen (secondary N) is 1. The molecule has 9 nitrogen and oxygen atoms in total. The van der Waals surface area contributed by atoms with Gasteiger partial charge in [-0.05, 0) is 53.6 Å². The molecule has 1 atom stereocenters. The summed E-state index contributed by atoms with van der Waals surface area (Å²) in [6.45, 7) is 5.03. The predicted molar refractivity (Wildman–Crippen MR) is 167 cm³/mol. The smallest absolute Gasteiger partial charge is 0.330 e. The highest BCUT2D eigenvalue weighted by atomic mass is 32.2. The Labute approximate surface area is 250 Å². The van der Waals surface area contributed by atoms with Crippen LogP contribution in [-0.4, -0.2) is 66.5 Å². The van der Waals surface area contributed by atoms with E-state index < -0.39 is 10.1 Å². The van der Waals surface area contributed by atoms with Crippen molar-refractivity contribution in [3.63, 3.8) is 0 Å². The number of benzene rings is 4. The van der Waals surface area contributed by atoms with Crippen LogP contribution in [0.2, 0.25) is 0 Å². The van der Waals surface area contributed by atoms with Crippen molar-refractivity contribution in [1.82, 2.24) is 14.8 Å². The zero-order valence-corrected chi connectivity index (χ0v) is 24.5. The van der Waals surface area contributed by atoms with Crippen LogP contribution in [0.3, 0.4) is 0 Å². The highest BCUT2D eigenvalue weighted by molar-refractivity contribution is 7.85. The molecule has 0 amide bonds. The van der Waals surface area contributed by atoms with Crippen molar-refractivity contribution in [2.45, 2.75) is 24.4 Å². The Kier molecular flexibility index (Phi) is 7.98. The standard InChI is InChI=1S/C23H24N4O2.C10H8O3S/c1-2-29-23(28)21-14-24-11-12-26(21)22-20-13-16-7-4-6-10-19(16)27(20)15-17-8-3-5-9-18(17)25-22;11-14(12,13)10-6-5-8-3-1-2-4-9(8)7-10/h3-10,13,21,24H,2,11-12,14-15H2,1H3;1-7H,(H,11,12,13). The minimum atomic E-state index is -4.09. The number of aliphatic imine (C=N–C) groups is 1. The second-order valence-electron chi connectivity index (χ2n) is 10.4. The lowest BCUT2D eigenvalue weighted by Crippen LogP contribution is -2.57. The number of hydrogen-bond donors (Lipinski definition) is 2. The van der Waals surface area contributed by atoms with E-state index in [2.05, 4.69) is 57.2 Å². The van der Waals surface area contributed by atoms with E-state index in [0.717, 1.165) is 41.1 Å². The number of nitrogens with zero attached hydrogens (tertiary/aromatic N) is 3. The highest BCUT2D eigenvalue weighted by Crippen LogP contribution is 2.31. The number of aromatic nitrogens is 1. The molecule has 4 aromatic carbocycles. The van der Waals surface area contributed by atoms with Gasteiger partial charge in [0.1, 0.15) is 6.04 Å². The van der Waals surface area contributed by atoms with Crippen molar-refractivity contribution in [1.29, 1.82) is 0 Å². The number of rotatable bonds is 3. The molecule has 2 N–H and O–H groups in total. The number of carbonyl (C=O) groups is 1. The average Bonchev–Trinajstić information content (AvgIpc) is 3.29. The van der Waals surface area contributed by atoms with Gasteiger partial charge in [0.05, 0.1) is 29.4 Å².